The van der Waals surface area contributed by atoms with Gasteiger partial charge in [0.15, 0.2) is 0 Å². The van der Waals surface area contributed by atoms with Gasteiger partial charge in [0.25, 0.3) is 0 Å². The molecule has 0 aromatic carbocycles. The minimum absolute atomic E-state index is 0.293. The molecule has 0 aromatic rings. The summed E-state index contributed by atoms with van der Waals surface area (Å²) >= 11 is 0. The molecule has 16 heavy (non-hydrogen) atoms. The van der Waals surface area contributed by atoms with Crippen molar-refractivity contribution in [3.8, 4) is 0 Å². The van der Waals surface area contributed by atoms with Crippen molar-refractivity contribution in [2.24, 2.45) is 5.41 Å². The fourth-order valence-corrected chi connectivity index (χ4v) is 3.55. The van der Waals surface area contributed by atoms with E-state index >= 15 is 0 Å². The molecule has 0 spiro atoms. The van der Waals surface area contributed by atoms with Crippen LogP contribution in [0.2, 0.25) is 0 Å². The third-order valence-corrected chi connectivity index (χ3v) is 6.24. The van der Waals surface area contributed by atoms with Gasteiger partial charge < -0.3 is 0 Å². The summed E-state index contributed by atoms with van der Waals surface area (Å²) in [7, 11) is -3.05. The highest BCUT2D eigenvalue weighted by Gasteiger charge is 2.32. The Morgan fingerprint density at radius 2 is 1.88 bits per heavy atom. The summed E-state index contributed by atoms with van der Waals surface area (Å²) in [5.41, 5.74) is 0.335. The minimum atomic E-state index is -3.05. The van der Waals surface area contributed by atoms with Crippen molar-refractivity contribution < 1.29 is 8.42 Å². The maximum Gasteiger partial charge on any atom is 0.216 e. The van der Waals surface area contributed by atoms with Crippen molar-refractivity contribution >= 4 is 10.0 Å². The van der Waals surface area contributed by atoms with Crippen molar-refractivity contribution in [1.82, 2.24) is 4.31 Å². The first-order valence-corrected chi connectivity index (χ1v) is 7.81. The highest BCUT2D eigenvalue weighted by molar-refractivity contribution is 7.89. The molecular formula is C12H25NO2S. The number of nitrogens with zero attached hydrogens (tertiary/aromatic N) is 1. The summed E-state index contributed by atoms with van der Waals surface area (Å²) in [5.74, 6) is 0. The Morgan fingerprint density at radius 1 is 1.25 bits per heavy atom. The molecule has 1 saturated heterocycles. The average molecular weight is 247 g/mol. The summed E-state index contributed by atoms with van der Waals surface area (Å²) in [6, 6.07) is 0. The average Bonchev–Trinajstić information content (AvgIpc) is 2.41. The van der Waals surface area contributed by atoms with Crippen molar-refractivity contribution in [2.75, 3.05) is 13.1 Å². The zero-order chi connectivity index (χ0) is 12.4. The van der Waals surface area contributed by atoms with Crippen LogP contribution in [0.15, 0.2) is 0 Å². The zero-order valence-electron chi connectivity index (χ0n) is 11.0. The molecule has 1 atom stereocenters. The normalized spacial score (nSPS) is 29.3. The molecule has 3 nitrogen and oxygen atoms in total. The molecule has 1 fully saturated rings. The fourth-order valence-electron chi connectivity index (χ4n) is 2.22. The Labute approximate surface area is 100 Å². The van der Waals surface area contributed by atoms with Gasteiger partial charge in [0, 0.05) is 13.1 Å². The van der Waals surface area contributed by atoms with E-state index in [1.807, 2.05) is 0 Å². The summed E-state index contributed by atoms with van der Waals surface area (Å²) < 4.78 is 25.8. The Bertz CT molecular complexity index is 324. The highest BCUT2D eigenvalue weighted by Crippen LogP contribution is 2.34. The minimum Gasteiger partial charge on any atom is -0.212 e. The van der Waals surface area contributed by atoms with Crippen LogP contribution >= 0.6 is 0 Å². The molecule has 0 aliphatic carbocycles. The predicted molar refractivity (Wildman–Crippen MR) is 67.9 cm³/mol. The molecule has 0 aromatic heterocycles. The lowest BCUT2D eigenvalue weighted by atomic mass is 9.81. The van der Waals surface area contributed by atoms with Crippen LogP contribution in [0.1, 0.15) is 53.4 Å². The SMILES string of the molecule is CCC1(C)CCCN(S(=O)(=O)C(C)C)CC1. The number of sulfonamides is 1. The molecule has 0 N–H and O–H groups in total. The van der Waals surface area contributed by atoms with Gasteiger partial charge in [-0.15, -0.1) is 0 Å². The topological polar surface area (TPSA) is 37.4 Å². The number of rotatable bonds is 3. The smallest absolute Gasteiger partial charge is 0.212 e. The molecule has 1 aliphatic heterocycles. The van der Waals surface area contributed by atoms with Crippen LogP contribution in [-0.2, 0) is 10.0 Å². The maximum atomic E-state index is 12.1. The quantitative estimate of drug-likeness (QED) is 0.769. The van der Waals surface area contributed by atoms with Crippen LogP contribution < -0.4 is 0 Å². The fraction of sp³-hybridized carbons (Fsp3) is 1.00. The van der Waals surface area contributed by atoms with Gasteiger partial charge in [-0.2, -0.15) is 0 Å². The molecule has 1 heterocycles. The largest absolute Gasteiger partial charge is 0.216 e. The second-order valence-corrected chi connectivity index (χ2v) is 8.00. The third-order valence-electron chi connectivity index (χ3n) is 3.96. The van der Waals surface area contributed by atoms with E-state index in [9.17, 15) is 8.42 Å². The van der Waals surface area contributed by atoms with Crippen LogP contribution in [-0.4, -0.2) is 31.1 Å². The summed E-state index contributed by atoms with van der Waals surface area (Å²) in [4.78, 5) is 0. The second-order valence-electron chi connectivity index (χ2n) is 5.51. The Kier molecular flexibility index (Phi) is 4.41. The number of hydrogen-bond donors (Lipinski definition) is 0. The molecule has 1 unspecified atom stereocenters. The van der Waals surface area contributed by atoms with Gasteiger partial charge in [-0.3, -0.25) is 0 Å². The first kappa shape index (κ1) is 14.0. The van der Waals surface area contributed by atoms with Crippen molar-refractivity contribution in [3.63, 3.8) is 0 Å². The van der Waals surface area contributed by atoms with Gasteiger partial charge in [0.1, 0.15) is 0 Å². The Morgan fingerprint density at radius 3 is 2.38 bits per heavy atom. The molecule has 0 radical (unpaired) electrons. The van der Waals surface area contributed by atoms with E-state index in [1.165, 1.54) is 0 Å². The Balaban J connectivity index is 2.75. The number of hydrogen-bond acceptors (Lipinski definition) is 2. The Hall–Kier alpha value is -0.0900. The first-order chi connectivity index (χ1) is 7.32. The van der Waals surface area contributed by atoms with Gasteiger partial charge >= 0.3 is 0 Å². The first-order valence-electron chi connectivity index (χ1n) is 6.31. The van der Waals surface area contributed by atoms with Crippen molar-refractivity contribution in [1.29, 1.82) is 0 Å². The van der Waals surface area contributed by atoms with Gasteiger partial charge in [0.2, 0.25) is 10.0 Å². The predicted octanol–water partition coefficient (Wildman–Crippen LogP) is 2.63. The second kappa shape index (κ2) is 5.05. The van der Waals surface area contributed by atoms with E-state index in [0.29, 0.717) is 18.5 Å². The van der Waals surface area contributed by atoms with Gasteiger partial charge in [-0.1, -0.05) is 20.3 Å². The molecule has 1 aliphatic rings. The van der Waals surface area contributed by atoms with Crippen LogP contribution in [0.3, 0.4) is 0 Å². The molecule has 96 valence electrons. The lowest BCUT2D eigenvalue weighted by molar-refractivity contribution is 0.268. The lowest BCUT2D eigenvalue weighted by Gasteiger charge is -2.27. The standard InChI is InChI=1S/C12H25NO2S/c1-5-12(4)7-6-9-13(10-8-12)16(14,15)11(2)3/h11H,5-10H2,1-4H3. The summed E-state index contributed by atoms with van der Waals surface area (Å²) in [6.45, 7) is 9.41. The molecular weight excluding hydrogens is 222 g/mol. The molecule has 4 heteroatoms. The monoisotopic (exact) mass is 247 g/mol. The third kappa shape index (κ3) is 2.98. The molecule has 0 amide bonds. The molecule has 1 rings (SSSR count). The van der Waals surface area contributed by atoms with Crippen molar-refractivity contribution in [3.05, 3.63) is 0 Å². The molecule has 0 bridgehead atoms. The maximum absolute atomic E-state index is 12.1. The zero-order valence-corrected chi connectivity index (χ0v) is 11.8. The van der Waals surface area contributed by atoms with Gasteiger partial charge in [-0.05, 0) is 38.5 Å². The van der Waals surface area contributed by atoms with Gasteiger partial charge in [-0.25, -0.2) is 12.7 Å². The van der Waals surface area contributed by atoms with Crippen LogP contribution in [0.25, 0.3) is 0 Å². The van der Waals surface area contributed by atoms with E-state index in [1.54, 1.807) is 18.2 Å². The lowest BCUT2D eigenvalue weighted by Crippen LogP contribution is -2.37. The molecule has 0 saturated carbocycles. The summed E-state index contributed by atoms with van der Waals surface area (Å²) in [6.07, 6.45) is 4.28. The van der Waals surface area contributed by atoms with E-state index in [0.717, 1.165) is 25.7 Å². The van der Waals surface area contributed by atoms with E-state index in [2.05, 4.69) is 13.8 Å². The van der Waals surface area contributed by atoms with Crippen molar-refractivity contribution in [2.45, 2.75) is 58.6 Å². The van der Waals surface area contributed by atoms with E-state index < -0.39 is 10.0 Å². The summed E-state index contributed by atoms with van der Waals surface area (Å²) in [5, 5.41) is -0.293. The van der Waals surface area contributed by atoms with Gasteiger partial charge in [0.05, 0.1) is 5.25 Å². The highest BCUT2D eigenvalue weighted by atomic mass is 32.2. The van der Waals surface area contributed by atoms with Crippen LogP contribution in [0, 0.1) is 5.41 Å². The van der Waals surface area contributed by atoms with E-state index in [4.69, 9.17) is 0 Å². The van der Waals surface area contributed by atoms with Crippen LogP contribution in [0.5, 0.6) is 0 Å². The van der Waals surface area contributed by atoms with Crippen LogP contribution in [0.4, 0.5) is 0 Å². The van der Waals surface area contributed by atoms with E-state index in [-0.39, 0.29) is 5.25 Å².